The molecule has 0 aliphatic carbocycles. The van der Waals surface area contributed by atoms with Gasteiger partial charge in [-0.05, 0) is 64.7 Å². The number of nitriles is 1. The Hall–Kier alpha value is -2.35. The average Bonchev–Trinajstić information content (AvgIpc) is 2.65. The van der Waals surface area contributed by atoms with Crippen LogP contribution in [0.25, 0.3) is 0 Å². The highest BCUT2D eigenvalue weighted by Gasteiger charge is 2.38. The Morgan fingerprint density at radius 1 is 1.17 bits per heavy atom. The van der Waals surface area contributed by atoms with Crippen LogP contribution in [-0.4, -0.2) is 16.9 Å². The molecule has 1 N–H and O–H groups in total. The van der Waals surface area contributed by atoms with Crippen molar-refractivity contribution >= 4 is 17.4 Å². The molecule has 3 rings (SSSR count). The number of halogens is 1. The molecule has 1 atom stereocenters. The van der Waals surface area contributed by atoms with Crippen molar-refractivity contribution in [1.82, 2.24) is 5.32 Å². The number of rotatable bonds is 6. The van der Waals surface area contributed by atoms with Crippen LogP contribution in [0.15, 0.2) is 48.5 Å². The van der Waals surface area contributed by atoms with Crippen LogP contribution in [0.4, 0.5) is 0 Å². The summed E-state index contributed by atoms with van der Waals surface area (Å²) in [5.41, 5.74) is 1.35. The molecule has 2 aromatic rings. The number of Topliss-reactive ketones (excluding diaryl/α,β-unsaturated/α-hetero) is 1. The summed E-state index contributed by atoms with van der Waals surface area (Å²) in [6.45, 7) is 8.75. The number of hydrogen-bond donors (Lipinski definition) is 1. The molecule has 1 saturated heterocycles. The molecule has 158 valence electrons. The molecule has 30 heavy (non-hydrogen) atoms. The molecule has 0 radical (unpaired) electrons. The number of nitrogens with one attached hydrogen (secondary N) is 1. The minimum Gasteiger partial charge on any atom is -0.469 e. The smallest absolute Gasteiger partial charge is 0.209 e. The number of carbonyl (C=O) groups is 1. The number of nitrogens with zero attached hydrogens (tertiary/aromatic N) is 1. The molecule has 5 heteroatoms. The third kappa shape index (κ3) is 5.62. The maximum absolute atomic E-state index is 12.9. The lowest BCUT2D eigenvalue weighted by Gasteiger charge is -2.46. The van der Waals surface area contributed by atoms with Gasteiger partial charge < -0.3 is 10.1 Å². The Bertz CT molecular complexity index is 931. The van der Waals surface area contributed by atoms with Gasteiger partial charge in [0.2, 0.25) is 6.10 Å². The van der Waals surface area contributed by atoms with Crippen LogP contribution in [0.5, 0.6) is 5.75 Å². The molecule has 1 aliphatic rings. The van der Waals surface area contributed by atoms with E-state index in [2.05, 4.69) is 39.1 Å². The van der Waals surface area contributed by atoms with E-state index in [1.165, 1.54) is 0 Å². The first-order valence-electron chi connectivity index (χ1n) is 10.3. The topological polar surface area (TPSA) is 62.1 Å². The average molecular weight is 425 g/mol. The fourth-order valence-corrected chi connectivity index (χ4v) is 4.98. The van der Waals surface area contributed by atoms with E-state index in [4.69, 9.17) is 16.3 Å². The number of carbonyl (C=O) groups excluding carboxylic acids is 1. The van der Waals surface area contributed by atoms with Gasteiger partial charge in [-0.3, -0.25) is 4.79 Å². The van der Waals surface area contributed by atoms with Crippen molar-refractivity contribution in [3.8, 4) is 11.8 Å². The van der Waals surface area contributed by atoms with Crippen LogP contribution in [-0.2, 0) is 0 Å². The molecule has 2 aromatic carbocycles. The minimum atomic E-state index is -0.760. The lowest BCUT2D eigenvalue weighted by atomic mass is 9.74. The fourth-order valence-electron chi connectivity index (χ4n) is 4.75. The van der Waals surface area contributed by atoms with Gasteiger partial charge >= 0.3 is 0 Å². The number of ether oxygens (including phenoxy) is 1. The van der Waals surface area contributed by atoms with Crippen molar-refractivity contribution in [2.24, 2.45) is 5.92 Å². The second-order valence-electron chi connectivity index (χ2n) is 9.48. The van der Waals surface area contributed by atoms with E-state index in [9.17, 15) is 10.1 Å². The van der Waals surface area contributed by atoms with Crippen LogP contribution < -0.4 is 10.1 Å². The van der Waals surface area contributed by atoms with Crippen LogP contribution in [0.3, 0.4) is 0 Å². The summed E-state index contributed by atoms with van der Waals surface area (Å²) >= 11 is 6.40. The maximum atomic E-state index is 12.9. The number of hydrogen-bond acceptors (Lipinski definition) is 4. The van der Waals surface area contributed by atoms with Crippen molar-refractivity contribution in [2.75, 3.05) is 0 Å². The molecule has 0 spiro atoms. The molecule has 0 amide bonds. The highest BCUT2D eigenvalue weighted by atomic mass is 35.5. The van der Waals surface area contributed by atoms with Gasteiger partial charge in [-0.2, -0.15) is 5.26 Å². The van der Waals surface area contributed by atoms with Gasteiger partial charge in [-0.15, -0.1) is 0 Å². The van der Waals surface area contributed by atoms with Gasteiger partial charge in [0, 0.05) is 28.6 Å². The van der Waals surface area contributed by atoms with Gasteiger partial charge in [0.05, 0.1) is 5.02 Å². The van der Waals surface area contributed by atoms with E-state index < -0.39 is 6.10 Å². The van der Waals surface area contributed by atoms with E-state index in [1.54, 1.807) is 18.2 Å². The van der Waals surface area contributed by atoms with Crippen molar-refractivity contribution in [2.45, 2.75) is 64.1 Å². The summed E-state index contributed by atoms with van der Waals surface area (Å²) in [6.07, 6.45) is 1.65. The maximum Gasteiger partial charge on any atom is 0.209 e. The Morgan fingerprint density at radius 2 is 1.80 bits per heavy atom. The zero-order valence-electron chi connectivity index (χ0n) is 18.0. The summed E-state index contributed by atoms with van der Waals surface area (Å²) in [6, 6.07) is 16.5. The standard InChI is InChI=1S/C25H29ClN2O2/c1-24(2)14-17(15-25(3,4)28-24)12-21(29)19-10-11-22(20(26)13-19)30-23(16-27)18-8-6-5-7-9-18/h5-11,13,17,23,28H,12,14-15H2,1-4H3. The number of ketones is 1. The first kappa shape index (κ1) is 22.3. The van der Waals surface area contributed by atoms with E-state index in [0.29, 0.717) is 28.7 Å². The van der Waals surface area contributed by atoms with E-state index in [1.807, 2.05) is 30.3 Å². The number of benzene rings is 2. The summed E-state index contributed by atoms with van der Waals surface area (Å²) in [5, 5.41) is 13.5. The van der Waals surface area contributed by atoms with Crippen LogP contribution in [0.1, 0.15) is 69.0 Å². The Kier molecular flexibility index (Phi) is 6.55. The van der Waals surface area contributed by atoms with Crippen LogP contribution in [0.2, 0.25) is 5.02 Å². The second kappa shape index (κ2) is 8.79. The molecule has 4 nitrogen and oxygen atoms in total. The molecule has 1 unspecified atom stereocenters. The zero-order valence-corrected chi connectivity index (χ0v) is 18.8. The minimum absolute atomic E-state index is 0.00574. The summed E-state index contributed by atoms with van der Waals surface area (Å²) in [4.78, 5) is 12.9. The third-order valence-corrected chi connectivity index (χ3v) is 5.76. The van der Waals surface area contributed by atoms with Crippen molar-refractivity contribution in [3.05, 3.63) is 64.7 Å². The monoisotopic (exact) mass is 424 g/mol. The molecular weight excluding hydrogens is 396 g/mol. The molecule has 1 fully saturated rings. The quantitative estimate of drug-likeness (QED) is 0.568. The Morgan fingerprint density at radius 3 is 2.37 bits per heavy atom. The molecule has 0 saturated carbocycles. The van der Waals surface area contributed by atoms with E-state index in [0.717, 1.165) is 18.4 Å². The second-order valence-corrected chi connectivity index (χ2v) is 9.88. The summed E-state index contributed by atoms with van der Waals surface area (Å²) in [5.74, 6) is 0.800. The zero-order chi connectivity index (χ0) is 21.9. The normalized spacial score (nSPS) is 18.9. The summed E-state index contributed by atoms with van der Waals surface area (Å²) < 4.78 is 5.81. The lowest BCUT2D eigenvalue weighted by Crippen LogP contribution is -2.57. The molecule has 0 bridgehead atoms. The Balaban J connectivity index is 1.70. The van der Waals surface area contributed by atoms with Gasteiger partial charge in [0.15, 0.2) is 5.78 Å². The first-order valence-corrected chi connectivity index (χ1v) is 10.7. The van der Waals surface area contributed by atoms with Gasteiger partial charge in [0.25, 0.3) is 0 Å². The molecule has 1 heterocycles. The highest BCUT2D eigenvalue weighted by molar-refractivity contribution is 6.32. The lowest BCUT2D eigenvalue weighted by molar-refractivity contribution is 0.0864. The molecule has 1 aliphatic heterocycles. The molecular formula is C25H29ClN2O2. The predicted octanol–water partition coefficient (Wildman–Crippen LogP) is 6.11. The van der Waals surface area contributed by atoms with Crippen LogP contribution in [0, 0.1) is 17.2 Å². The van der Waals surface area contributed by atoms with Gasteiger partial charge in [0.1, 0.15) is 11.8 Å². The number of piperidine rings is 1. The fraction of sp³-hybridized carbons (Fsp3) is 0.440. The molecule has 0 aromatic heterocycles. The Labute approximate surface area is 184 Å². The first-order chi connectivity index (χ1) is 14.1. The van der Waals surface area contributed by atoms with Crippen molar-refractivity contribution < 1.29 is 9.53 Å². The van der Waals surface area contributed by atoms with Gasteiger partial charge in [-0.1, -0.05) is 41.9 Å². The van der Waals surface area contributed by atoms with E-state index in [-0.39, 0.29) is 16.9 Å². The summed E-state index contributed by atoms with van der Waals surface area (Å²) in [7, 11) is 0. The largest absolute Gasteiger partial charge is 0.469 e. The third-order valence-electron chi connectivity index (χ3n) is 5.47. The van der Waals surface area contributed by atoms with Crippen LogP contribution >= 0.6 is 11.6 Å². The predicted molar refractivity (Wildman–Crippen MR) is 120 cm³/mol. The van der Waals surface area contributed by atoms with Crippen molar-refractivity contribution in [1.29, 1.82) is 5.26 Å². The van der Waals surface area contributed by atoms with E-state index >= 15 is 0 Å². The van der Waals surface area contributed by atoms with Gasteiger partial charge in [-0.25, -0.2) is 0 Å². The van der Waals surface area contributed by atoms with Crippen molar-refractivity contribution in [3.63, 3.8) is 0 Å². The SMILES string of the molecule is CC1(C)CC(CC(=O)c2ccc(OC(C#N)c3ccccc3)c(Cl)c2)CC(C)(C)N1. The highest BCUT2D eigenvalue weighted by Crippen LogP contribution is 2.36.